The Labute approximate surface area is 82.1 Å². The molecule has 1 aliphatic rings. The monoisotopic (exact) mass is 202 g/mol. The first-order valence-corrected chi connectivity index (χ1v) is 4.99. The second-order valence-electron chi connectivity index (χ2n) is 2.81. The number of hydrazone groups is 1. The molecule has 0 bridgehead atoms. The van der Waals surface area contributed by atoms with Gasteiger partial charge in [-0.1, -0.05) is 11.8 Å². The highest BCUT2D eigenvalue weighted by Gasteiger charge is 2.24. The predicted octanol–water partition coefficient (Wildman–Crippen LogP) is -0.0827. The fourth-order valence-corrected chi connectivity index (χ4v) is 1.79. The van der Waals surface area contributed by atoms with Gasteiger partial charge in [0.15, 0.2) is 5.17 Å². The van der Waals surface area contributed by atoms with Gasteiger partial charge in [-0.3, -0.25) is 9.80 Å². The molecule has 1 aliphatic heterocycles. The van der Waals surface area contributed by atoms with Crippen LogP contribution in [0.15, 0.2) is 5.10 Å². The average Bonchev–Trinajstić information content (AvgIpc) is 2.34. The normalized spacial score (nSPS) is 21.8. The highest BCUT2D eigenvalue weighted by molar-refractivity contribution is 8.13. The maximum atomic E-state index is 10.0. The fraction of sp³-hybridized carbons (Fsp3) is 0.714. The number of amides is 1. The van der Waals surface area contributed by atoms with E-state index in [9.17, 15) is 4.79 Å². The Bertz CT molecular complexity index is 221. The number of carbonyl (C=O) groups excluding carboxylic acids is 1. The van der Waals surface area contributed by atoms with Gasteiger partial charge in [-0.25, -0.2) is 0 Å². The summed E-state index contributed by atoms with van der Waals surface area (Å²) in [6.45, 7) is 2.07. The zero-order valence-corrected chi connectivity index (χ0v) is 8.84. The summed E-state index contributed by atoms with van der Waals surface area (Å²) in [5.41, 5.74) is 0. The first kappa shape index (κ1) is 10.2. The molecule has 1 N–H and O–H groups in total. The lowest BCUT2D eigenvalue weighted by Gasteiger charge is -2.21. The molecule has 5 nitrogen and oxygen atoms in total. The number of nitrogens with zero attached hydrogens (tertiary/aromatic N) is 3. The summed E-state index contributed by atoms with van der Waals surface area (Å²) in [6.07, 6.45) is 0.981. The Morgan fingerprint density at radius 3 is 2.85 bits per heavy atom. The molecule has 1 unspecified atom stereocenters. The Morgan fingerprint density at radius 1 is 1.69 bits per heavy atom. The van der Waals surface area contributed by atoms with Crippen LogP contribution in [0.5, 0.6) is 0 Å². The lowest BCUT2D eigenvalue weighted by Crippen LogP contribution is -2.34. The molecule has 0 saturated heterocycles. The van der Waals surface area contributed by atoms with Crippen LogP contribution in [-0.2, 0) is 4.79 Å². The largest absolute Gasteiger partial charge is 0.349 e. The van der Waals surface area contributed by atoms with Crippen LogP contribution in [0.25, 0.3) is 0 Å². The molecule has 74 valence electrons. The summed E-state index contributed by atoms with van der Waals surface area (Å²) < 4.78 is 0. The van der Waals surface area contributed by atoms with Crippen LogP contribution in [0.3, 0.4) is 0 Å². The van der Waals surface area contributed by atoms with Crippen LogP contribution in [0.2, 0.25) is 0 Å². The number of hydrogen-bond donors (Lipinski definition) is 1. The summed E-state index contributed by atoms with van der Waals surface area (Å²) in [5.74, 6) is 0.563. The van der Waals surface area contributed by atoms with Crippen molar-refractivity contribution < 1.29 is 4.79 Å². The van der Waals surface area contributed by atoms with Crippen LogP contribution >= 0.6 is 11.8 Å². The summed E-state index contributed by atoms with van der Waals surface area (Å²) in [5, 5.41) is 9.71. The van der Waals surface area contributed by atoms with E-state index in [4.69, 9.17) is 0 Å². The van der Waals surface area contributed by atoms with Crippen LogP contribution < -0.4 is 5.32 Å². The van der Waals surface area contributed by atoms with Gasteiger partial charge in [-0.2, -0.15) is 5.10 Å². The van der Waals surface area contributed by atoms with E-state index in [0.29, 0.717) is 18.5 Å². The highest BCUT2D eigenvalue weighted by Crippen LogP contribution is 2.18. The van der Waals surface area contributed by atoms with E-state index in [1.165, 1.54) is 11.8 Å². The molecule has 0 aromatic heterocycles. The Balaban J connectivity index is 2.41. The molecule has 0 aromatic carbocycles. The zero-order valence-electron chi connectivity index (χ0n) is 8.02. The van der Waals surface area contributed by atoms with E-state index in [2.05, 4.69) is 22.2 Å². The lowest BCUT2D eigenvalue weighted by atomic mass is 10.5. The number of thioether (sulfide) groups is 1. The topological polar surface area (TPSA) is 47.9 Å². The van der Waals surface area contributed by atoms with Gasteiger partial charge in [0.2, 0.25) is 6.41 Å². The maximum absolute atomic E-state index is 10.0. The van der Waals surface area contributed by atoms with Crippen molar-refractivity contribution in [2.75, 3.05) is 20.0 Å². The van der Waals surface area contributed by atoms with E-state index >= 15 is 0 Å². The predicted molar refractivity (Wildman–Crippen MR) is 54.1 cm³/mol. The summed E-state index contributed by atoms with van der Waals surface area (Å²) in [6, 6.07) is 0. The van der Waals surface area contributed by atoms with Gasteiger partial charge in [0.05, 0.1) is 5.88 Å². The van der Waals surface area contributed by atoms with Crippen molar-refractivity contribution in [1.82, 2.24) is 15.2 Å². The third-order valence-corrected chi connectivity index (χ3v) is 2.95. The van der Waals surface area contributed by atoms with E-state index < -0.39 is 0 Å². The minimum absolute atomic E-state index is 0.290. The van der Waals surface area contributed by atoms with Gasteiger partial charge in [0, 0.05) is 14.1 Å². The lowest BCUT2D eigenvalue weighted by molar-refractivity contribution is -0.109. The molecule has 1 atom stereocenters. The van der Waals surface area contributed by atoms with Gasteiger partial charge in [-0.15, -0.1) is 0 Å². The quantitative estimate of drug-likeness (QED) is 0.395. The van der Waals surface area contributed by atoms with Crippen LogP contribution in [0.4, 0.5) is 0 Å². The van der Waals surface area contributed by atoms with Gasteiger partial charge in [-0.05, 0) is 6.92 Å². The Morgan fingerprint density at radius 2 is 2.38 bits per heavy atom. The van der Waals surface area contributed by atoms with Crippen LogP contribution in [0.1, 0.15) is 6.92 Å². The fourth-order valence-electron chi connectivity index (χ4n) is 0.970. The van der Waals surface area contributed by atoms with Crippen molar-refractivity contribution in [3.8, 4) is 0 Å². The standard InChI is InChI=1S/C7H14N4OS/c1-6-10(2)7(9-11(6)3)13-5-8-4-12/h4,6H,5H2,1-3H3,(H,8,12). The highest BCUT2D eigenvalue weighted by atomic mass is 32.2. The van der Waals surface area contributed by atoms with Crippen molar-refractivity contribution in [2.45, 2.75) is 13.1 Å². The minimum Gasteiger partial charge on any atom is -0.349 e. The molecule has 0 fully saturated rings. The van der Waals surface area contributed by atoms with Crippen molar-refractivity contribution in [2.24, 2.45) is 5.10 Å². The Hall–Kier alpha value is -0.910. The van der Waals surface area contributed by atoms with Crippen LogP contribution in [-0.4, -0.2) is 47.6 Å². The van der Waals surface area contributed by atoms with E-state index in [1.807, 2.05) is 19.1 Å². The van der Waals surface area contributed by atoms with Crippen molar-refractivity contribution >= 4 is 23.3 Å². The SMILES string of the molecule is CC1N(C)N=C(SCNC=O)N1C. The minimum atomic E-state index is 0.290. The van der Waals surface area contributed by atoms with Crippen molar-refractivity contribution in [3.63, 3.8) is 0 Å². The molecule has 6 heteroatoms. The molecule has 1 heterocycles. The first-order chi connectivity index (χ1) is 6.16. The van der Waals surface area contributed by atoms with Crippen molar-refractivity contribution in [3.05, 3.63) is 0 Å². The van der Waals surface area contributed by atoms with Gasteiger partial charge < -0.3 is 10.2 Å². The zero-order chi connectivity index (χ0) is 9.84. The van der Waals surface area contributed by atoms with Gasteiger partial charge in [0.1, 0.15) is 6.17 Å². The molecular formula is C7H14N4OS. The number of nitrogens with one attached hydrogen (secondary N) is 1. The molecular weight excluding hydrogens is 188 g/mol. The Kier molecular flexibility index (Phi) is 3.41. The third-order valence-electron chi connectivity index (χ3n) is 2.01. The molecule has 0 spiro atoms. The number of amidine groups is 1. The number of rotatable bonds is 3. The number of hydrogen-bond acceptors (Lipinski definition) is 5. The molecule has 0 saturated carbocycles. The van der Waals surface area contributed by atoms with Gasteiger partial charge >= 0.3 is 0 Å². The molecule has 0 aromatic rings. The summed E-state index contributed by atoms with van der Waals surface area (Å²) >= 11 is 1.52. The van der Waals surface area contributed by atoms with E-state index in [1.54, 1.807) is 0 Å². The number of carbonyl (C=O) groups is 1. The molecule has 1 amide bonds. The average molecular weight is 202 g/mol. The third kappa shape index (κ3) is 2.27. The van der Waals surface area contributed by atoms with Gasteiger partial charge in [0.25, 0.3) is 0 Å². The second-order valence-corrected chi connectivity index (χ2v) is 3.75. The van der Waals surface area contributed by atoms with E-state index in [-0.39, 0.29) is 0 Å². The van der Waals surface area contributed by atoms with Crippen LogP contribution in [0, 0.1) is 0 Å². The molecule has 0 radical (unpaired) electrons. The second kappa shape index (κ2) is 4.36. The molecule has 13 heavy (non-hydrogen) atoms. The molecule has 1 rings (SSSR count). The molecule has 0 aliphatic carbocycles. The maximum Gasteiger partial charge on any atom is 0.207 e. The smallest absolute Gasteiger partial charge is 0.207 e. The van der Waals surface area contributed by atoms with E-state index in [0.717, 1.165) is 5.17 Å². The summed E-state index contributed by atoms with van der Waals surface area (Å²) in [7, 11) is 3.92. The summed E-state index contributed by atoms with van der Waals surface area (Å²) in [4.78, 5) is 12.1. The van der Waals surface area contributed by atoms with Crippen molar-refractivity contribution in [1.29, 1.82) is 0 Å². The first-order valence-electron chi connectivity index (χ1n) is 4.01.